The molecule has 0 saturated heterocycles. The average Bonchev–Trinajstić information content (AvgIpc) is 2.58. The monoisotopic (exact) mass is 338 g/mol. The number of carbonyl (C=O) groups is 2. The molecule has 0 bridgehead atoms. The van der Waals surface area contributed by atoms with Crippen LogP contribution in [0.5, 0.6) is 0 Å². The van der Waals surface area contributed by atoms with Gasteiger partial charge in [-0.25, -0.2) is 9.59 Å². The minimum atomic E-state index is -0.376. The van der Waals surface area contributed by atoms with E-state index in [1.807, 2.05) is 0 Å². The number of hydrogen-bond donors (Lipinski definition) is 0. The standard InChI is InChI=1S/C20H34O4/c1-3-5-7-9-13-17-23-19(21)15-11-12-16-20(22)24-18-14-10-8-6-4-2/h11-12,15-16H,3-10,13-14,17-18H2,1-2H3/b15-11+,16-12+. The van der Waals surface area contributed by atoms with Crippen molar-refractivity contribution in [1.82, 2.24) is 0 Å². The summed E-state index contributed by atoms with van der Waals surface area (Å²) in [7, 11) is 0. The molecule has 0 amide bonds. The highest BCUT2D eigenvalue weighted by Gasteiger charge is 1.97. The Morgan fingerprint density at radius 3 is 1.38 bits per heavy atom. The molecule has 0 heterocycles. The molecule has 0 unspecified atom stereocenters. The fourth-order valence-corrected chi connectivity index (χ4v) is 2.12. The summed E-state index contributed by atoms with van der Waals surface area (Å²) in [5, 5.41) is 0. The van der Waals surface area contributed by atoms with Crippen LogP contribution in [0.1, 0.15) is 78.1 Å². The molecule has 0 aliphatic heterocycles. The lowest BCUT2D eigenvalue weighted by Crippen LogP contribution is -2.03. The van der Waals surface area contributed by atoms with Crippen molar-refractivity contribution in [3.8, 4) is 0 Å². The van der Waals surface area contributed by atoms with Crippen LogP contribution in [0, 0.1) is 0 Å². The fraction of sp³-hybridized carbons (Fsp3) is 0.700. The third-order valence-corrected chi connectivity index (χ3v) is 3.56. The maximum Gasteiger partial charge on any atom is 0.330 e. The molecule has 0 fully saturated rings. The number of unbranched alkanes of at least 4 members (excludes halogenated alkanes) is 8. The summed E-state index contributed by atoms with van der Waals surface area (Å²) in [6.45, 7) is 5.25. The molecule has 4 nitrogen and oxygen atoms in total. The van der Waals surface area contributed by atoms with E-state index in [1.54, 1.807) is 0 Å². The summed E-state index contributed by atoms with van der Waals surface area (Å²) in [6.07, 6.45) is 16.9. The van der Waals surface area contributed by atoms with E-state index >= 15 is 0 Å². The Morgan fingerprint density at radius 2 is 1.00 bits per heavy atom. The van der Waals surface area contributed by atoms with E-state index in [2.05, 4.69) is 13.8 Å². The molecule has 0 aromatic rings. The van der Waals surface area contributed by atoms with Crippen LogP contribution in [-0.4, -0.2) is 25.2 Å². The molecule has 0 atom stereocenters. The van der Waals surface area contributed by atoms with Crippen LogP contribution in [0.25, 0.3) is 0 Å². The number of rotatable bonds is 15. The van der Waals surface area contributed by atoms with Crippen LogP contribution in [0.2, 0.25) is 0 Å². The van der Waals surface area contributed by atoms with E-state index < -0.39 is 0 Å². The predicted octanol–water partition coefficient (Wildman–Crippen LogP) is 5.13. The minimum Gasteiger partial charge on any atom is -0.463 e. The van der Waals surface area contributed by atoms with Gasteiger partial charge in [0.25, 0.3) is 0 Å². The summed E-state index contributed by atoms with van der Waals surface area (Å²) in [5.74, 6) is -0.751. The van der Waals surface area contributed by atoms with Gasteiger partial charge in [0.15, 0.2) is 0 Å². The molecule has 0 radical (unpaired) electrons. The maximum absolute atomic E-state index is 11.4. The first-order chi connectivity index (χ1) is 11.7. The fourth-order valence-electron chi connectivity index (χ4n) is 2.12. The van der Waals surface area contributed by atoms with Crippen molar-refractivity contribution in [2.75, 3.05) is 13.2 Å². The van der Waals surface area contributed by atoms with E-state index in [4.69, 9.17) is 9.47 Å². The van der Waals surface area contributed by atoms with Crippen molar-refractivity contribution in [1.29, 1.82) is 0 Å². The largest absolute Gasteiger partial charge is 0.463 e. The van der Waals surface area contributed by atoms with Gasteiger partial charge in [0.2, 0.25) is 0 Å². The zero-order chi connectivity index (χ0) is 17.9. The first-order valence-corrected chi connectivity index (χ1v) is 9.39. The van der Waals surface area contributed by atoms with Gasteiger partial charge in [-0.05, 0) is 12.8 Å². The summed E-state index contributed by atoms with van der Waals surface area (Å²) >= 11 is 0. The first-order valence-electron chi connectivity index (χ1n) is 9.39. The molecule has 0 N–H and O–H groups in total. The van der Waals surface area contributed by atoms with E-state index in [1.165, 1.54) is 62.8 Å². The lowest BCUT2D eigenvalue weighted by Gasteiger charge is -2.01. The van der Waals surface area contributed by atoms with Gasteiger partial charge in [-0.2, -0.15) is 0 Å². The molecule has 0 aliphatic carbocycles. The lowest BCUT2D eigenvalue weighted by atomic mass is 10.2. The number of hydrogen-bond acceptors (Lipinski definition) is 4. The van der Waals surface area contributed by atoms with E-state index in [-0.39, 0.29) is 11.9 Å². The molecular formula is C20H34O4. The number of allylic oxidation sites excluding steroid dienone is 2. The molecular weight excluding hydrogens is 304 g/mol. The number of esters is 2. The van der Waals surface area contributed by atoms with E-state index in [9.17, 15) is 9.59 Å². The highest BCUT2D eigenvalue weighted by atomic mass is 16.5. The van der Waals surface area contributed by atoms with E-state index in [0.29, 0.717) is 13.2 Å². The molecule has 138 valence electrons. The van der Waals surface area contributed by atoms with Crippen molar-refractivity contribution >= 4 is 11.9 Å². The van der Waals surface area contributed by atoms with Crippen LogP contribution < -0.4 is 0 Å². The second kappa shape index (κ2) is 17.8. The molecule has 0 aliphatic rings. The Hall–Kier alpha value is -1.58. The van der Waals surface area contributed by atoms with Crippen LogP contribution >= 0.6 is 0 Å². The Kier molecular flexibility index (Phi) is 16.6. The Labute approximate surface area is 147 Å². The zero-order valence-corrected chi connectivity index (χ0v) is 15.4. The van der Waals surface area contributed by atoms with Crippen LogP contribution in [0.3, 0.4) is 0 Å². The summed E-state index contributed by atoms with van der Waals surface area (Å²) in [6, 6.07) is 0. The van der Waals surface area contributed by atoms with Crippen molar-refractivity contribution in [3.63, 3.8) is 0 Å². The highest BCUT2D eigenvalue weighted by Crippen LogP contribution is 2.03. The smallest absolute Gasteiger partial charge is 0.330 e. The van der Waals surface area contributed by atoms with Crippen molar-refractivity contribution in [2.45, 2.75) is 78.1 Å². The summed E-state index contributed by atoms with van der Waals surface area (Å²) in [4.78, 5) is 22.8. The van der Waals surface area contributed by atoms with Crippen LogP contribution in [0.4, 0.5) is 0 Å². The van der Waals surface area contributed by atoms with Gasteiger partial charge in [-0.15, -0.1) is 0 Å². The molecule has 0 spiro atoms. The van der Waals surface area contributed by atoms with E-state index in [0.717, 1.165) is 25.7 Å². The zero-order valence-electron chi connectivity index (χ0n) is 15.4. The van der Waals surface area contributed by atoms with Gasteiger partial charge in [-0.3, -0.25) is 0 Å². The third kappa shape index (κ3) is 16.8. The molecule has 0 rings (SSSR count). The SMILES string of the molecule is CCCCCCCOC(=O)/C=C/C=C/C(=O)OCCCCCCC. The predicted molar refractivity (Wildman–Crippen MR) is 97.7 cm³/mol. The maximum atomic E-state index is 11.4. The molecule has 4 heteroatoms. The second-order valence-electron chi connectivity index (χ2n) is 5.88. The van der Waals surface area contributed by atoms with Crippen LogP contribution in [-0.2, 0) is 19.1 Å². The number of ether oxygens (including phenoxy) is 2. The number of carbonyl (C=O) groups excluding carboxylic acids is 2. The van der Waals surface area contributed by atoms with Gasteiger partial charge in [0, 0.05) is 12.2 Å². The molecule has 0 aromatic heterocycles. The Morgan fingerprint density at radius 1 is 0.625 bits per heavy atom. The van der Waals surface area contributed by atoms with Gasteiger partial charge in [0.05, 0.1) is 13.2 Å². The van der Waals surface area contributed by atoms with Gasteiger partial charge < -0.3 is 9.47 Å². The highest BCUT2D eigenvalue weighted by molar-refractivity contribution is 5.84. The second-order valence-corrected chi connectivity index (χ2v) is 5.88. The molecule has 24 heavy (non-hydrogen) atoms. The Balaban J connectivity index is 3.59. The van der Waals surface area contributed by atoms with Gasteiger partial charge in [0.1, 0.15) is 0 Å². The molecule has 0 aromatic carbocycles. The molecule has 0 saturated carbocycles. The average molecular weight is 338 g/mol. The topological polar surface area (TPSA) is 52.6 Å². The first kappa shape index (κ1) is 22.4. The lowest BCUT2D eigenvalue weighted by molar-refractivity contribution is -0.138. The van der Waals surface area contributed by atoms with Crippen molar-refractivity contribution in [3.05, 3.63) is 24.3 Å². The van der Waals surface area contributed by atoms with Crippen molar-refractivity contribution in [2.24, 2.45) is 0 Å². The normalized spacial score (nSPS) is 11.2. The van der Waals surface area contributed by atoms with Gasteiger partial charge >= 0.3 is 11.9 Å². The summed E-state index contributed by atoms with van der Waals surface area (Å²) in [5.41, 5.74) is 0. The quantitative estimate of drug-likeness (QED) is 0.180. The minimum absolute atomic E-state index is 0.376. The van der Waals surface area contributed by atoms with Gasteiger partial charge in [-0.1, -0.05) is 77.4 Å². The van der Waals surface area contributed by atoms with Crippen molar-refractivity contribution < 1.29 is 19.1 Å². The Bertz CT molecular complexity index is 336. The third-order valence-electron chi connectivity index (χ3n) is 3.56. The van der Waals surface area contributed by atoms with Crippen LogP contribution in [0.15, 0.2) is 24.3 Å². The summed E-state index contributed by atoms with van der Waals surface area (Å²) < 4.78 is 10.1.